The van der Waals surface area contributed by atoms with Gasteiger partial charge in [0.05, 0.1) is 5.75 Å². The van der Waals surface area contributed by atoms with Gasteiger partial charge in [0, 0.05) is 28.4 Å². The molecule has 1 saturated carbocycles. The second-order valence-corrected chi connectivity index (χ2v) is 10.3. The summed E-state index contributed by atoms with van der Waals surface area (Å²) in [4.78, 5) is 28.3. The number of benzene rings is 2. The third-order valence-electron chi connectivity index (χ3n) is 6.03. The minimum atomic E-state index is -0.487. The van der Waals surface area contributed by atoms with E-state index in [1.54, 1.807) is 17.0 Å². The van der Waals surface area contributed by atoms with E-state index in [0.717, 1.165) is 36.8 Å². The first-order valence-corrected chi connectivity index (χ1v) is 13.5. The number of hydrogen-bond acceptors (Lipinski definition) is 3. The van der Waals surface area contributed by atoms with Gasteiger partial charge in [-0.3, -0.25) is 9.59 Å². The Balaban J connectivity index is 1.68. The second-order valence-electron chi connectivity index (χ2n) is 8.50. The van der Waals surface area contributed by atoms with E-state index in [-0.39, 0.29) is 23.6 Å². The minimum Gasteiger partial charge on any atom is -0.352 e. The number of halogens is 2. The van der Waals surface area contributed by atoms with Crippen LogP contribution in [0.25, 0.3) is 0 Å². The van der Waals surface area contributed by atoms with Crippen LogP contribution in [0.3, 0.4) is 0 Å². The molecule has 178 valence electrons. The van der Waals surface area contributed by atoms with Gasteiger partial charge in [0.2, 0.25) is 11.8 Å². The van der Waals surface area contributed by atoms with Crippen LogP contribution >= 0.6 is 35.0 Å². The van der Waals surface area contributed by atoms with Gasteiger partial charge in [0.15, 0.2) is 0 Å². The molecule has 1 N–H and O–H groups in total. The van der Waals surface area contributed by atoms with Crippen LogP contribution < -0.4 is 5.32 Å². The third-order valence-corrected chi connectivity index (χ3v) is 7.58. The Labute approximate surface area is 211 Å². The van der Waals surface area contributed by atoms with E-state index in [9.17, 15) is 9.59 Å². The highest BCUT2D eigenvalue weighted by atomic mass is 35.5. The molecule has 3 rings (SSSR count). The molecule has 0 aliphatic heterocycles. The van der Waals surface area contributed by atoms with Gasteiger partial charge in [-0.05, 0) is 42.5 Å². The molecule has 0 aromatic heterocycles. The maximum atomic E-state index is 13.3. The smallest absolute Gasteiger partial charge is 0.243 e. The molecule has 0 radical (unpaired) electrons. The van der Waals surface area contributed by atoms with Gasteiger partial charge in [-0.25, -0.2) is 0 Å². The van der Waals surface area contributed by atoms with Crippen molar-refractivity contribution in [2.75, 3.05) is 5.75 Å². The van der Waals surface area contributed by atoms with Gasteiger partial charge in [0.1, 0.15) is 6.04 Å². The van der Waals surface area contributed by atoms with Gasteiger partial charge >= 0.3 is 0 Å². The van der Waals surface area contributed by atoms with Gasteiger partial charge in [-0.2, -0.15) is 0 Å². The van der Waals surface area contributed by atoms with Gasteiger partial charge in [0.25, 0.3) is 0 Å². The average molecular weight is 508 g/mol. The molecular formula is C26H32Cl2N2O2S. The normalized spacial score (nSPS) is 15.1. The summed E-state index contributed by atoms with van der Waals surface area (Å²) >= 11 is 13.8. The van der Waals surface area contributed by atoms with E-state index in [4.69, 9.17) is 23.2 Å². The molecule has 0 spiro atoms. The molecule has 2 aromatic rings. The fourth-order valence-corrected chi connectivity index (χ4v) is 5.68. The van der Waals surface area contributed by atoms with Crippen molar-refractivity contribution >= 4 is 46.8 Å². The maximum Gasteiger partial charge on any atom is 0.243 e. The van der Waals surface area contributed by atoms with Crippen LogP contribution in [0.4, 0.5) is 0 Å². The fourth-order valence-electron chi connectivity index (χ4n) is 4.21. The molecule has 33 heavy (non-hydrogen) atoms. The lowest BCUT2D eigenvalue weighted by Gasteiger charge is -2.32. The summed E-state index contributed by atoms with van der Waals surface area (Å²) in [6, 6.07) is 15.0. The van der Waals surface area contributed by atoms with E-state index >= 15 is 0 Å². The van der Waals surface area contributed by atoms with Crippen LogP contribution in [0.1, 0.15) is 56.6 Å². The van der Waals surface area contributed by atoms with E-state index in [1.807, 2.05) is 43.3 Å². The highest BCUT2D eigenvalue weighted by molar-refractivity contribution is 7.99. The summed E-state index contributed by atoms with van der Waals surface area (Å²) in [6.07, 6.45) is 6.15. The Morgan fingerprint density at radius 3 is 2.48 bits per heavy atom. The minimum absolute atomic E-state index is 0.0421. The first-order valence-electron chi connectivity index (χ1n) is 11.6. The number of amides is 2. The Hall–Kier alpha value is -1.69. The molecule has 2 aromatic carbocycles. The van der Waals surface area contributed by atoms with Crippen molar-refractivity contribution in [2.45, 2.75) is 69.8 Å². The third kappa shape index (κ3) is 7.94. The largest absolute Gasteiger partial charge is 0.352 e. The second kappa shape index (κ2) is 13.3. The van der Waals surface area contributed by atoms with Crippen LogP contribution in [-0.2, 0) is 21.9 Å². The highest BCUT2D eigenvalue weighted by Gasteiger charge is 2.30. The topological polar surface area (TPSA) is 49.4 Å². The summed E-state index contributed by atoms with van der Waals surface area (Å²) in [5, 5.41) is 4.41. The van der Waals surface area contributed by atoms with Gasteiger partial charge < -0.3 is 10.2 Å². The zero-order chi connectivity index (χ0) is 23.6. The molecule has 0 heterocycles. The average Bonchev–Trinajstić information content (AvgIpc) is 2.81. The Bertz CT molecular complexity index is 920. The summed E-state index contributed by atoms with van der Waals surface area (Å²) in [5.41, 5.74) is 1.95. The molecule has 7 heteroatoms. The van der Waals surface area contributed by atoms with E-state index < -0.39 is 6.04 Å². The first kappa shape index (κ1) is 25.9. The predicted octanol–water partition coefficient (Wildman–Crippen LogP) is 6.48. The number of nitrogens with zero attached hydrogens (tertiary/aromatic N) is 1. The molecule has 0 bridgehead atoms. The molecule has 1 aliphatic carbocycles. The number of thioether (sulfide) groups is 1. The lowest BCUT2D eigenvalue weighted by molar-refractivity contribution is -0.139. The SMILES string of the molecule is CC[C@@H](C(=O)NC1CCCCC1)N(Cc1ccccc1)C(=O)CSCc1ccc(Cl)cc1Cl. The van der Waals surface area contributed by atoms with Crippen LogP contribution in [0.5, 0.6) is 0 Å². The van der Waals surface area contributed by atoms with Gasteiger partial charge in [-0.15, -0.1) is 11.8 Å². The highest BCUT2D eigenvalue weighted by Crippen LogP contribution is 2.25. The number of hydrogen-bond donors (Lipinski definition) is 1. The zero-order valence-electron chi connectivity index (χ0n) is 19.1. The molecule has 1 atom stereocenters. The molecule has 1 aliphatic rings. The Morgan fingerprint density at radius 1 is 1.09 bits per heavy atom. The van der Waals surface area contributed by atoms with E-state index in [0.29, 0.717) is 28.8 Å². The van der Waals surface area contributed by atoms with Crippen molar-refractivity contribution < 1.29 is 9.59 Å². The monoisotopic (exact) mass is 506 g/mol. The van der Waals surface area contributed by atoms with E-state index in [1.165, 1.54) is 18.2 Å². The van der Waals surface area contributed by atoms with Gasteiger partial charge in [-0.1, -0.05) is 85.8 Å². The number of nitrogens with one attached hydrogen (secondary N) is 1. The maximum absolute atomic E-state index is 13.3. The molecule has 1 fully saturated rings. The van der Waals surface area contributed by atoms with Crippen molar-refractivity contribution in [1.82, 2.24) is 10.2 Å². The van der Waals surface area contributed by atoms with Crippen molar-refractivity contribution in [2.24, 2.45) is 0 Å². The van der Waals surface area contributed by atoms with Crippen molar-refractivity contribution in [1.29, 1.82) is 0 Å². The summed E-state index contributed by atoms with van der Waals surface area (Å²) in [7, 11) is 0. The standard InChI is InChI=1S/C26H32Cl2N2O2S/c1-2-24(26(32)29-22-11-7-4-8-12-22)30(16-19-9-5-3-6-10-19)25(31)18-33-17-20-13-14-21(27)15-23(20)28/h3,5-6,9-10,13-15,22,24H,2,4,7-8,11-12,16-18H2,1H3,(H,29,32)/t24-/m0/s1. The number of carbonyl (C=O) groups excluding carboxylic acids is 2. The fraction of sp³-hybridized carbons (Fsp3) is 0.462. The quantitative estimate of drug-likeness (QED) is 0.400. The summed E-state index contributed by atoms with van der Waals surface area (Å²) < 4.78 is 0. The molecule has 0 unspecified atom stereocenters. The first-order chi connectivity index (χ1) is 16.0. The van der Waals surface area contributed by atoms with Crippen LogP contribution in [0.2, 0.25) is 10.0 Å². The van der Waals surface area contributed by atoms with Crippen molar-refractivity contribution in [3.63, 3.8) is 0 Å². The Kier molecular flexibility index (Phi) is 10.4. The number of rotatable bonds is 10. The number of carbonyl (C=O) groups is 2. The lowest BCUT2D eigenvalue weighted by Crippen LogP contribution is -2.52. The van der Waals surface area contributed by atoms with Crippen molar-refractivity contribution in [3.05, 3.63) is 69.7 Å². The van der Waals surface area contributed by atoms with Crippen LogP contribution in [-0.4, -0.2) is 34.6 Å². The van der Waals surface area contributed by atoms with E-state index in [2.05, 4.69) is 5.32 Å². The zero-order valence-corrected chi connectivity index (χ0v) is 21.4. The van der Waals surface area contributed by atoms with Crippen LogP contribution in [0.15, 0.2) is 48.5 Å². The Morgan fingerprint density at radius 2 is 1.82 bits per heavy atom. The molecule has 4 nitrogen and oxygen atoms in total. The predicted molar refractivity (Wildman–Crippen MR) is 139 cm³/mol. The molecule has 2 amide bonds. The summed E-state index contributed by atoms with van der Waals surface area (Å²) in [6.45, 7) is 2.38. The molecule has 0 saturated heterocycles. The summed E-state index contributed by atoms with van der Waals surface area (Å²) in [5.74, 6) is 0.796. The van der Waals surface area contributed by atoms with Crippen LogP contribution in [0, 0.1) is 0 Å². The van der Waals surface area contributed by atoms with Crippen molar-refractivity contribution in [3.8, 4) is 0 Å². The molecular weight excluding hydrogens is 475 g/mol. The lowest BCUT2D eigenvalue weighted by atomic mass is 9.95.